The molecule has 1 amide bonds. The fourth-order valence-corrected chi connectivity index (χ4v) is 3.65. The predicted molar refractivity (Wildman–Crippen MR) is 91.1 cm³/mol. The van der Waals surface area contributed by atoms with Crippen LogP contribution in [0.25, 0.3) is 10.7 Å². The zero-order valence-electron chi connectivity index (χ0n) is 13.2. The van der Waals surface area contributed by atoms with Crippen LogP contribution in [0.2, 0.25) is 0 Å². The third kappa shape index (κ3) is 4.33. The summed E-state index contributed by atoms with van der Waals surface area (Å²) in [4.78, 5) is 16.4. The van der Waals surface area contributed by atoms with Crippen molar-refractivity contribution in [3.8, 4) is 10.7 Å². The van der Waals surface area contributed by atoms with Crippen molar-refractivity contribution in [2.75, 3.05) is 18.4 Å². The molecule has 1 unspecified atom stereocenters. The van der Waals surface area contributed by atoms with Gasteiger partial charge in [0.25, 0.3) is 0 Å². The number of anilines is 1. The second-order valence-electron chi connectivity index (χ2n) is 5.94. The minimum Gasteiger partial charge on any atom is -0.317 e. The van der Waals surface area contributed by atoms with E-state index in [0.717, 1.165) is 31.6 Å². The van der Waals surface area contributed by atoms with Gasteiger partial charge in [-0.15, -0.1) is 10.2 Å². The number of aromatic nitrogens is 3. The topological polar surface area (TPSA) is 79.8 Å². The van der Waals surface area contributed by atoms with E-state index < -0.39 is 0 Å². The summed E-state index contributed by atoms with van der Waals surface area (Å²) in [6.07, 6.45) is 4.55. The van der Waals surface area contributed by atoms with E-state index in [-0.39, 0.29) is 5.91 Å². The Labute approximate surface area is 139 Å². The number of pyridine rings is 1. The molecule has 0 aromatic carbocycles. The van der Waals surface area contributed by atoms with Gasteiger partial charge in [-0.05, 0) is 49.9 Å². The molecule has 122 valence electrons. The first kappa shape index (κ1) is 16.0. The second kappa shape index (κ2) is 7.61. The molecule has 1 atom stereocenters. The number of nitrogens with zero attached hydrogens (tertiary/aromatic N) is 3. The molecule has 2 N–H and O–H groups in total. The smallest absolute Gasteiger partial charge is 0.226 e. The van der Waals surface area contributed by atoms with E-state index in [2.05, 4.69) is 32.7 Å². The zero-order chi connectivity index (χ0) is 16.1. The fraction of sp³-hybridized carbons (Fsp3) is 0.500. The number of nitrogens with one attached hydrogen (secondary N) is 2. The Hall–Kier alpha value is -1.86. The van der Waals surface area contributed by atoms with Gasteiger partial charge in [-0.1, -0.05) is 24.3 Å². The third-order valence-electron chi connectivity index (χ3n) is 4.25. The lowest BCUT2D eigenvalue weighted by Gasteiger charge is -2.27. The van der Waals surface area contributed by atoms with Crippen molar-refractivity contribution in [2.24, 2.45) is 11.8 Å². The second-order valence-corrected chi connectivity index (χ2v) is 6.92. The maximum atomic E-state index is 12.2. The molecule has 3 heterocycles. The molecule has 6 nitrogen and oxygen atoms in total. The zero-order valence-corrected chi connectivity index (χ0v) is 14.0. The summed E-state index contributed by atoms with van der Waals surface area (Å²) in [5.41, 5.74) is 0.772. The van der Waals surface area contributed by atoms with Crippen molar-refractivity contribution in [1.82, 2.24) is 20.5 Å². The van der Waals surface area contributed by atoms with E-state index >= 15 is 0 Å². The number of piperidine rings is 1. The molecule has 1 aliphatic rings. The maximum Gasteiger partial charge on any atom is 0.226 e. The van der Waals surface area contributed by atoms with Crippen LogP contribution >= 0.6 is 11.3 Å². The molecule has 0 radical (unpaired) electrons. The van der Waals surface area contributed by atoms with Crippen molar-refractivity contribution in [2.45, 2.75) is 26.2 Å². The van der Waals surface area contributed by atoms with Crippen molar-refractivity contribution in [1.29, 1.82) is 0 Å². The predicted octanol–water partition coefficient (Wildman–Crippen LogP) is 2.56. The summed E-state index contributed by atoms with van der Waals surface area (Å²) >= 11 is 1.35. The quantitative estimate of drug-likeness (QED) is 0.880. The fourth-order valence-electron chi connectivity index (χ4n) is 2.91. The van der Waals surface area contributed by atoms with Crippen LogP contribution in [-0.4, -0.2) is 34.2 Å². The highest BCUT2D eigenvalue weighted by atomic mass is 32.1. The van der Waals surface area contributed by atoms with E-state index in [1.807, 2.05) is 18.2 Å². The Kier molecular flexibility index (Phi) is 5.30. The van der Waals surface area contributed by atoms with E-state index in [9.17, 15) is 4.79 Å². The van der Waals surface area contributed by atoms with Crippen LogP contribution in [0.3, 0.4) is 0 Å². The molecule has 0 spiro atoms. The minimum atomic E-state index is 0.0137. The van der Waals surface area contributed by atoms with Crippen molar-refractivity contribution < 1.29 is 4.79 Å². The lowest BCUT2D eigenvalue weighted by Crippen LogP contribution is -2.32. The molecule has 0 saturated carbocycles. The summed E-state index contributed by atoms with van der Waals surface area (Å²) in [7, 11) is 0. The largest absolute Gasteiger partial charge is 0.317 e. The molecule has 1 fully saturated rings. The lowest BCUT2D eigenvalue weighted by molar-refractivity contribution is -0.117. The first-order valence-corrected chi connectivity index (χ1v) is 8.79. The number of rotatable bonds is 5. The van der Waals surface area contributed by atoms with Gasteiger partial charge in [0.15, 0.2) is 5.01 Å². The van der Waals surface area contributed by atoms with Gasteiger partial charge >= 0.3 is 0 Å². The van der Waals surface area contributed by atoms with Crippen molar-refractivity contribution >= 4 is 22.4 Å². The number of carbonyl (C=O) groups is 1. The average Bonchev–Trinajstić information content (AvgIpc) is 3.04. The van der Waals surface area contributed by atoms with Gasteiger partial charge in [-0.25, -0.2) is 0 Å². The first-order chi connectivity index (χ1) is 11.2. The Balaban J connectivity index is 1.55. The summed E-state index contributed by atoms with van der Waals surface area (Å²) in [6, 6.07) is 5.64. The highest BCUT2D eigenvalue weighted by Crippen LogP contribution is 2.27. The van der Waals surface area contributed by atoms with E-state index in [1.165, 1.54) is 11.3 Å². The van der Waals surface area contributed by atoms with Crippen LogP contribution < -0.4 is 10.6 Å². The average molecular weight is 331 g/mol. The molecule has 0 aliphatic carbocycles. The molecule has 2 aromatic rings. The van der Waals surface area contributed by atoms with Gasteiger partial charge in [-0.2, -0.15) is 0 Å². The lowest BCUT2D eigenvalue weighted by atomic mass is 9.84. The van der Waals surface area contributed by atoms with E-state index in [4.69, 9.17) is 0 Å². The number of hydrogen-bond donors (Lipinski definition) is 2. The molecule has 0 bridgehead atoms. The third-order valence-corrected chi connectivity index (χ3v) is 5.11. The number of hydrogen-bond acceptors (Lipinski definition) is 6. The highest BCUT2D eigenvalue weighted by molar-refractivity contribution is 7.18. The van der Waals surface area contributed by atoms with E-state index in [1.54, 1.807) is 6.20 Å². The number of amides is 1. The monoisotopic (exact) mass is 331 g/mol. The first-order valence-electron chi connectivity index (χ1n) is 7.98. The summed E-state index contributed by atoms with van der Waals surface area (Å²) in [6.45, 7) is 4.27. The molecule has 1 saturated heterocycles. The molecule has 23 heavy (non-hydrogen) atoms. The molecule has 3 rings (SSSR count). The summed E-state index contributed by atoms with van der Waals surface area (Å²) in [5.74, 6) is 1.03. The normalized spacial score (nSPS) is 16.9. The van der Waals surface area contributed by atoms with Crippen LogP contribution in [0.1, 0.15) is 26.2 Å². The van der Waals surface area contributed by atoms with Crippen LogP contribution in [0, 0.1) is 11.8 Å². The Morgan fingerprint density at radius 1 is 1.39 bits per heavy atom. The van der Waals surface area contributed by atoms with E-state index in [0.29, 0.717) is 28.4 Å². The van der Waals surface area contributed by atoms with Gasteiger partial charge in [-0.3, -0.25) is 9.78 Å². The van der Waals surface area contributed by atoms with Crippen molar-refractivity contribution in [3.05, 3.63) is 24.4 Å². The summed E-state index contributed by atoms with van der Waals surface area (Å²) < 4.78 is 0. The van der Waals surface area contributed by atoms with Crippen LogP contribution in [-0.2, 0) is 4.79 Å². The van der Waals surface area contributed by atoms with Crippen molar-refractivity contribution in [3.63, 3.8) is 0 Å². The Bertz CT molecular complexity index is 639. The standard InChI is InChI=1S/C16H21N5OS/c1-11(12-5-8-17-9-6-12)10-14(22)19-16-21-20-15(23-16)13-4-2-3-7-18-13/h2-4,7,11-12,17H,5-6,8-10H2,1H3,(H,19,21,22). The Morgan fingerprint density at radius 3 is 2.96 bits per heavy atom. The molecule has 7 heteroatoms. The molecule has 2 aromatic heterocycles. The maximum absolute atomic E-state index is 12.2. The van der Waals surface area contributed by atoms with Crippen LogP contribution in [0.15, 0.2) is 24.4 Å². The van der Waals surface area contributed by atoms with Gasteiger partial charge in [0, 0.05) is 12.6 Å². The molecule has 1 aliphatic heterocycles. The van der Waals surface area contributed by atoms with Gasteiger partial charge in [0.1, 0.15) is 5.69 Å². The molecular weight excluding hydrogens is 310 g/mol. The van der Waals surface area contributed by atoms with Gasteiger partial charge < -0.3 is 10.6 Å². The number of carbonyl (C=O) groups excluding carboxylic acids is 1. The summed E-state index contributed by atoms with van der Waals surface area (Å²) in [5, 5.41) is 15.6. The van der Waals surface area contributed by atoms with Gasteiger partial charge in [0.2, 0.25) is 11.0 Å². The Morgan fingerprint density at radius 2 is 2.22 bits per heavy atom. The molecular formula is C16H21N5OS. The minimum absolute atomic E-state index is 0.0137. The SMILES string of the molecule is CC(CC(=O)Nc1nnc(-c2ccccn2)s1)C1CCNCC1. The van der Waals surface area contributed by atoms with Crippen LogP contribution in [0.4, 0.5) is 5.13 Å². The van der Waals surface area contributed by atoms with Gasteiger partial charge in [0.05, 0.1) is 0 Å². The highest BCUT2D eigenvalue weighted by Gasteiger charge is 2.22. The van der Waals surface area contributed by atoms with Crippen LogP contribution in [0.5, 0.6) is 0 Å².